The van der Waals surface area contributed by atoms with E-state index in [1.54, 1.807) is 23.1 Å². The van der Waals surface area contributed by atoms with Crippen LogP contribution in [0.15, 0.2) is 28.9 Å². The highest BCUT2D eigenvalue weighted by atomic mass is 35.5. The van der Waals surface area contributed by atoms with Crippen molar-refractivity contribution >= 4 is 35.1 Å². The van der Waals surface area contributed by atoms with Crippen molar-refractivity contribution in [2.45, 2.75) is 51.6 Å². The highest BCUT2D eigenvalue weighted by Gasteiger charge is 2.62. The van der Waals surface area contributed by atoms with E-state index in [1.165, 1.54) is 13.2 Å². The molecular formula is C21H24ClN5O4. The van der Waals surface area contributed by atoms with E-state index in [0.29, 0.717) is 40.9 Å². The predicted octanol–water partition coefficient (Wildman–Crippen LogP) is 3.25. The molecule has 1 aromatic carbocycles. The fraction of sp³-hybridized carbons (Fsp3) is 0.429. The Hall–Kier alpha value is -3.07. The third-order valence-corrected chi connectivity index (χ3v) is 6.15. The Kier molecular flexibility index (Phi) is 5.38. The van der Waals surface area contributed by atoms with E-state index in [1.807, 2.05) is 6.92 Å². The maximum absolute atomic E-state index is 13.2. The van der Waals surface area contributed by atoms with Crippen molar-refractivity contribution in [1.29, 1.82) is 0 Å². The summed E-state index contributed by atoms with van der Waals surface area (Å²) in [6.07, 6.45) is 3.45. The number of hydrogen-bond acceptors (Lipinski definition) is 5. The van der Waals surface area contributed by atoms with Crippen LogP contribution in [0.4, 0.5) is 10.5 Å². The molecule has 4 amide bonds. The average molecular weight is 446 g/mol. The lowest BCUT2D eigenvalue weighted by molar-refractivity contribution is -0.157. The number of nitrogens with zero attached hydrogens (tertiary/aromatic N) is 2. The number of amides is 4. The van der Waals surface area contributed by atoms with Gasteiger partial charge in [0.2, 0.25) is 11.8 Å². The van der Waals surface area contributed by atoms with Gasteiger partial charge < -0.3 is 14.6 Å². The molecule has 0 radical (unpaired) electrons. The van der Waals surface area contributed by atoms with Crippen LogP contribution in [0.1, 0.15) is 38.8 Å². The first-order valence-corrected chi connectivity index (χ1v) is 10.5. The predicted molar refractivity (Wildman–Crippen MR) is 114 cm³/mol. The number of likely N-dealkylation sites (tertiary alicyclic amines) is 1. The largest absolute Gasteiger partial charge is 0.444 e. The third kappa shape index (κ3) is 3.85. The van der Waals surface area contributed by atoms with Crippen LogP contribution < -0.4 is 16.2 Å². The average Bonchev–Trinajstić information content (AvgIpc) is 3.12. The van der Waals surface area contributed by atoms with Gasteiger partial charge in [-0.15, -0.1) is 0 Å². The second-order valence-corrected chi connectivity index (χ2v) is 8.77. The Morgan fingerprint density at radius 3 is 2.71 bits per heavy atom. The van der Waals surface area contributed by atoms with Crippen LogP contribution in [0.25, 0.3) is 11.5 Å². The summed E-state index contributed by atoms with van der Waals surface area (Å²) in [5.74, 6) is -0.107. The van der Waals surface area contributed by atoms with Gasteiger partial charge in [0, 0.05) is 25.1 Å². The minimum absolute atomic E-state index is 0.0343. The summed E-state index contributed by atoms with van der Waals surface area (Å²) in [5.41, 5.74) is 5.57. The van der Waals surface area contributed by atoms with Crippen LogP contribution in [0.2, 0.25) is 5.02 Å². The first-order chi connectivity index (χ1) is 14.7. The van der Waals surface area contributed by atoms with Crippen molar-refractivity contribution in [3.8, 4) is 11.5 Å². The molecule has 2 heterocycles. The number of carbonyl (C=O) groups excluding carboxylic acids is 3. The molecule has 3 atom stereocenters. The number of piperidine rings is 1. The highest BCUT2D eigenvalue weighted by Crippen LogP contribution is 2.50. The standard InChI is InChI=1S/C21H24ClN5O4/c1-11-6-15-9-21(8-11,19(29)26-25-13(3)28)27(15)20(30)24-14-4-5-17(22)16(7-14)18-23-12(2)10-31-18/h4-5,7,10-11,15H,6,8-9H2,1-3H3,(H,24,30)(H,25,28)(H,26,29). The number of oxazole rings is 1. The number of rotatable bonds is 3. The number of nitrogens with one attached hydrogen (secondary N) is 3. The molecule has 1 aliphatic heterocycles. The molecule has 3 unspecified atom stereocenters. The molecule has 4 rings (SSSR count). The number of benzene rings is 1. The summed E-state index contributed by atoms with van der Waals surface area (Å²) in [6.45, 7) is 5.18. The number of urea groups is 1. The highest BCUT2D eigenvalue weighted by molar-refractivity contribution is 6.33. The summed E-state index contributed by atoms with van der Waals surface area (Å²) >= 11 is 6.28. The Morgan fingerprint density at radius 1 is 1.26 bits per heavy atom. The Labute approximate surface area is 184 Å². The second-order valence-electron chi connectivity index (χ2n) is 8.36. The quantitative estimate of drug-likeness (QED) is 0.627. The van der Waals surface area contributed by atoms with Gasteiger partial charge in [-0.25, -0.2) is 9.78 Å². The van der Waals surface area contributed by atoms with Crippen LogP contribution in [-0.4, -0.2) is 39.3 Å². The first-order valence-electron chi connectivity index (χ1n) is 10.1. The van der Waals surface area contributed by atoms with Gasteiger partial charge in [-0.05, 0) is 43.9 Å². The molecule has 2 aliphatic rings. The fourth-order valence-electron chi connectivity index (χ4n) is 4.66. The van der Waals surface area contributed by atoms with Crippen LogP contribution in [-0.2, 0) is 9.59 Å². The van der Waals surface area contributed by atoms with Gasteiger partial charge in [0.05, 0.1) is 16.3 Å². The van der Waals surface area contributed by atoms with E-state index < -0.39 is 5.54 Å². The van der Waals surface area contributed by atoms with Gasteiger partial charge in [0.15, 0.2) is 0 Å². The molecule has 1 saturated heterocycles. The number of aromatic nitrogens is 1. The minimum atomic E-state index is -0.982. The maximum atomic E-state index is 13.2. The van der Waals surface area contributed by atoms with E-state index in [0.717, 1.165) is 12.1 Å². The number of hydrazine groups is 1. The molecule has 3 N–H and O–H groups in total. The molecule has 2 fully saturated rings. The van der Waals surface area contributed by atoms with Crippen LogP contribution in [0, 0.1) is 12.8 Å². The minimum Gasteiger partial charge on any atom is -0.444 e. The van der Waals surface area contributed by atoms with Gasteiger partial charge in [-0.2, -0.15) is 0 Å². The molecule has 0 spiro atoms. The summed E-state index contributed by atoms with van der Waals surface area (Å²) in [6, 6.07) is 4.62. The molecule has 9 nitrogen and oxygen atoms in total. The molecular weight excluding hydrogens is 422 g/mol. The number of aryl methyl sites for hydroxylation is 1. The SMILES string of the molecule is CC(=O)NNC(=O)C12CC(C)CC(C1)N2C(=O)Nc1ccc(Cl)c(-c2nc(C)co2)c1. The lowest BCUT2D eigenvalue weighted by Crippen LogP contribution is -2.77. The van der Waals surface area contributed by atoms with Gasteiger partial charge in [0.1, 0.15) is 11.8 Å². The number of carbonyl (C=O) groups is 3. The second kappa shape index (κ2) is 7.88. The molecule has 164 valence electrons. The fourth-order valence-corrected chi connectivity index (χ4v) is 4.85. The molecule has 1 aliphatic carbocycles. The Bertz CT molecular complexity index is 1050. The van der Waals surface area contributed by atoms with Crippen LogP contribution in [0.5, 0.6) is 0 Å². The summed E-state index contributed by atoms with van der Waals surface area (Å²) < 4.78 is 5.43. The normalized spacial score (nSPS) is 24.2. The van der Waals surface area contributed by atoms with E-state index in [9.17, 15) is 14.4 Å². The van der Waals surface area contributed by atoms with Crippen molar-refractivity contribution < 1.29 is 18.8 Å². The molecule has 2 bridgehead atoms. The van der Waals surface area contributed by atoms with E-state index >= 15 is 0 Å². The zero-order valence-corrected chi connectivity index (χ0v) is 18.2. The first kappa shape index (κ1) is 21.2. The van der Waals surface area contributed by atoms with Gasteiger partial charge in [0.25, 0.3) is 5.91 Å². The number of fused-ring (bicyclic) bond motifs is 2. The number of anilines is 1. The summed E-state index contributed by atoms with van der Waals surface area (Å²) in [7, 11) is 0. The lowest BCUT2D eigenvalue weighted by Gasteiger charge is -2.61. The third-order valence-electron chi connectivity index (χ3n) is 5.82. The summed E-state index contributed by atoms with van der Waals surface area (Å²) in [5, 5.41) is 3.31. The van der Waals surface area contributed by atoms with Crippen LogP contribution in [0.3, 0.4) is 0 Å². The number of hydrogen-bond donors (Lipinski definition) is 3. The maximum Gasteiger partial charge on any atom is 0.323 e. The van der Waals surface area contributed by atoms with Crippen molar-refractivity contribution in [2.75, 3.05) is 5.32 Å². The van der Waals surface area contributed by atoms with Crippen molar-refractivity contribution in [3.05, 3.63) is 35.2 Å². The Balaban J connectivity index is 1.55. The molecule has 1 saturated carbocycles. The lowest BCUT2D eigenvalue weighted by atomic mass is 9.64. The summed E-state index contributed by atoms with van der Waals surface area (Å²) in [4.78, 5) is 43.1. The topological polar surface area (TPSA) is 117 Å². The van der Waals surface area contributed by atoms with Crippen molar-refractivity contribution in [1.82, 2.24) is 20.7 Å². The zero-order valence-electron chi connectivity index (χ0n) is 17.5. The van der Waals surface area contributed by atoms with Gasteiger partial charge in [-0.1, -0.05) is 18.5 Å². The monoisotopic (exact) mass is 445 g/mol. The van der Waals surface area contributed by atoms with E-state index in [4.69, 9.17) is 16.0 Å². The number of halogens is 1. The van der Waals surface area contributed by atoms with Crippen molar-refractivity contribution in [3.63, 3.8) is 0 Å². The molecule has 10 heteroatoms. The molecule has 2 aromatic rings. The smallest absolute Gasteiger partial charge is 0.323 e. The Morgan fingerprint density at radius 2 is 2.03 bits per heavy atom. The molecule has 31 heavy (non-hydrogen) atoms. The van der Waals surface area contributed by atoms with Crippen LogP contribution >= 0.6 is 11.6 Å². The van der Waals surface area contributed by atoms with E-state index in [-0.39, 0.29) is 23.9 Å². The van der Waals surface area contributed by atoms with E-state index in [2.05, 4.69) is 28.1 Å². The van der Waals surface area contributed by atoms with Gasteiger partial charge in [-0.3, -0.25) is 20.4 Å². The van der Waals surface area contributed by atoms with Crippen molar-refractivity contribution in [2.24, 2.45) is 5.92 Å². The van der Waals surface area contributed by atoms with Gasteiger partial charge >= 0.3 is 6.03 Å². The zero-order chi connectivity index (χ0) is 22.3. The molecule has 1 aromatic heterocycles.